The van der Waals surface area contributed by atoms with Crippen LogP contribution in [0.5, 0.6) is 0 Å². The Morgan fingerprint density at radius 1 is 1.39 bits per heavy atom. The molecule has 0 unspecified atom stereocenters. The summed E-state index contributed by atoms with van der Waals surface area (Å²) in [4.78, 5) is 8.11. The summed E-state index contributed by atoms with van der Waals surface area (Å²) in [5, 5.41) is 11.5. The van der Waals surface area contributed by atoms with Crippen LogP contribution in [-0.4, -0.2) is 31.7 Å². The van der Waals surface area contributed by atoms with Gasteiger partial charge in [-0.25, -0.2) is 0 Å². The molecule has 0 spiro atoms. The molecule has 0 bridgehead atoms. The first kappa shape index (κ1) is 18.3. The fraction of sp³-hybridized carbons (Fsp3) is 0.211. The van der Waals surface area contributed by atoms with Crippen LogP contribution >= 0.6 is 0 Å². The van der Waals surface area contributed by atoms with Gasteiger partial charge in [0.1, 0.15) is 0 Å². The van der Waals surface area contributed by atoms with Gasteiger partial charge in [-0.3, -0.25) is 15.4 Å². The van der Waals surface area contributed by atoms with Crippen LogP contribution in [0.3, 0.4) is 0 Å². The molecule has 1 rings (SSSR count). The zero-order chi connectivity index (χ0) is 17.2. The van der Waals surface area contributed by atoms with Crippen molar-refractivity contribution in [1.29, 1.82) is 5.41 Å². The van der Waals surface area contributed by atoms with Crippen LogP contribution in [0.15, 0.2) is 59.2 Å². The zero-order valence-electron chi connectivity index (χ0n) is 13.9. The SMILES string of the molecule is C=CCNc1ccc(/C(C=NCC)=C/N=C)cc1C(=N)C(=C)C. The highest BCUT2D eigenvalue weighted by molar-refractivity contribution is 6.15. The number of nitrogens with one attached hydrogen (secondary N) is 2. The normalized spacial score (nSPS) is 11.3. The molecule has 23 heavy (non-hydrogen) atoms. The van der Waals surface area contributed by atoms with Crippen LogP contribution in [0.25, 0.3) is 5.57 Å². The molecule has 4 nitrogen and oxygen atoms in total. The second-order valence-corrected chi connectivity index (χ2v) is 4.98. The van der Waals surface area contributed by atoms with E-state index in [0.29, 0.717) is 24.4 Å². The predicted molar refractivity (Wildman–Crippen MR) is 103 cm³/mol. The molecule has 120 valence electrons. The maximum Gasteiger partial charge on any atom is 0.0656 e. The summed E-state index contributed by atoms with van der Waals surface area (Å²) in [5.41, 5.74) is 4.56. The van der Waals surface area contributed by atoms with Crippen LogP contribution in [0, 0.1) is 5.41 Å². The van der Waals surface area contributed by atoms with E-state index in [2.05, 4.69) is 35.2 Å². The number of benzene rings is 1. The van der Waals surface area contributed by atoms with Gasteiger partial charge < -0.3 is 5.32 Å². The highest BCUT2D eigenvalue weighted by Crippen LogP contribution is 2.24. The molecule has 4 heteroatoms. The van der Waals surface area contributed by atoms with Crippen LogP contribution in [0.2, 0.25) is 0 Å². The minimum atomic E-state index is 0.400. The Labute approximate surface area is 138 Å². The van der Waals surface area contributed by atoms with E-state index in [0.717, 1.165) is 22.4 Å². The number of anilines is 1. The van der Waals surface area contributed by atoms with Gasteiger partial charge in [-0.1, -0.05) is 18.7 Å². The smallest absolute Gasteiger partial charge is 0.0656 e. The first-order valence-corrected chi connectivity index (χ1v) is 7.44. The third kappa shape index (κ3) is 5.18. The summed E-state index contributed by atoms with van der Waals surface area (Å²) >= 11 is 0. The molecule has 0 fully saturated rings. The Morgan fingerprint density at radius 2 is 2.13 bits per heavy atom. The first-order chi connectivity index (χ1) is 11.0. The Morgan fingerprint density at radius 3 is 2.70 bits per heavy atom. The van der Waals surface area contributed by atoms with Crippen molar-refractivity contribution in [2.75, 3.05) is 18.4 Å². The van der Waals surface area contributed by atoms with Crippen LogP contribution in [0.4, 0.5) is 5.69 Å². The van der Waals surface area contributed by atoms with Gasteiger partial charge in [-0.05, 0) is 43.8 Å². The molecule has 2 N–H and O–H groups in total. The molecule has 0 amide bonds. The van der Waals surface area contributed by atoms with E-state index in [4.69, 9.17) is 5.41 Å². The monoisotopic (exact) mass is 308 g/mol. The molecule has 0 aliphatic heterocycles. The second-order valence-electron chi connectivity index (χ2n) is 4.98. The van der Waals surface area contributed by atoms with E-state index in [9.17, 15) is 0 Å². The van der Waals surface area contributed by atoms with Crippen LogP contribution in [0.1, 0.15) is 25.0 Å². The van der Waals surface area contributed by atoms with Gasteiger partial charge in [-0.2, -0.15) is 0 Å². The van der Waals surface area contributed by atoms with Crippen molar-refractivity contribution in [2.45, 2.75) is 13.8 Å². The maximum absolute atomic E-state index is 8.28. The number of aliphatic imine (C=N–C) groups is 2. The Kier molecular flexibility index (Phi) is 7.40. The zero-order valence-corrected chi connectivity index (χ0v) is 13.9. The van der Waals surface area contributed by atoms with Crippen molar-refractivity contribution < 1.29 is 0 Å². The first-order valence-electron chi connectivity index (χ1n) is 7.44. The number of nitrogens with zero attached hydrogens (tertiary/aromatic N) is 2. The van der Waals surface area contributed by atoms with E-state index in [1.807, 2.05) is 32.0 Å². The summed E-state index contributed by atoms with van der Waals surface area (Å²) in [6, 6.07) is 5.86. The van der Waals surface area contributed by atoms with Gasteiger partial charge in [0.05, 0.1) is 5.71 Å². The molecule has 1 aromatic carbocycles. The lowest BCUT2D eigenvalue weighted by atomic mass is 9.97. The average Bonchev–Trinajstić information content (AvgIpc) is 2.55. The largest absolute Gasteiger partial charge is 0.381 e. The predicted octanol–water partition coefficient (Wildman–Crippen LogP) is 4.36. The maximum atomic E-state index is 8.28. The second kappa shape index (κ2) is 9.30. The molecule has 0 saturated heterocycles. The lowest BCUT2D eigenvalue weighted by Crippen LogP contribution is -2.08. The molecule has 0 heterocycles. The van der Waals surface area contributed by atoms with Gasteiger partial charge in [-0.15, -0.1) is 6.58 Å². The molecule has 0 radical (unpaired) electrons. The molecular formula is C19H24N4. The van der Waals surface area contributed by atoms with Gasteiger partial charge in [0.2, 0.25) is 0 Å². The summed E-state index contributed by atoms with van der Waals surface area (Å²) in [6.45, 7) is 16.2. The molecule has 1 aromatic rings. The minimum absolute atomic E-state index is 0.400. The van der Waals surface area contributed by atoms with Crippen molar-refractivity contribution >= 4 is 29.9 Å². The quantitative estimate of drug-likeness (QED) is 0.517. The minimum Gasteiger partial charge on any atom is -0.381 e. The molecule has 0 aliphatic carbocycles. The fourth-order valence-corrected chi connectivity index (χ4v) is 1.97. The highest BCUT2D eigenvalue weighted by atomic mass is 14.9. The van der Waals surface area contributed by atoms with E-state index in [1.54, 1.807) is 18.5 Å². The third-order valence-electron chi connectivity index (χ3n) is 3.13. The highest BCUT2D eigenvalue weighted by Gasteiger charge is 2.11. The van der Waals surface area contributed by atoms with E-state index >= 15 is 0 Å². The fourth-order valence-electron chi connectivity index (χ4n) is 1.97. The molecule has 0 aromatic heterocycles. The average molecular weight is 308 g/mol. The van der Waals surface area contributed by atoms with Gasteiger partial charge in [0, 0.05) is 42.3 Å². The number of rotatable bonds is 9. The number of hydrogen-bond donors (Lipinski definition) is 2. The lowest BCUT2D eigenvalue weighted by Gasteiger charge is -2.14. The van der Waals surface area contributed by atoms with Crippen molar-refractivity contribution in [3.8, 4) is 0 Å². The Bertz CT molecular complexity index is 666. The van der Waals surface area contributed by atoms with Crippen molar-refractivity contribution in [2.24, 2.45) is 9.98 Å². The van der Waals surface area contributed by atoms with E-state index in [-0.39, 0.29) is 0 Å². The van der Waals surface area contributed by atoms with Crippen molar-refractivity contribution in [3.05, 3.63) is 60.3 Å². The summed E-state index contributed by atoms with van der Waals surface area (Å²) < 4.78 is 0. The summed E-state index contributed by atoms with van der Waals surface area (Å²) in [6.07, 6.45) is 5.22. The molecular weight excluding hydrogens is 284 g/mol. The third-order valence-corrected chi connectivity index (χ3v) is 3.13. The standard InChI is InChI=1S/C19H24N4/c1-6-10-23-18-9-8-15(11-17(18)19(20)14(3)4)16(12-21-5)13-22-7-2/h6,8-9,11-13,20,23H,1,3,5,7,10H2,2,4H3/b16-12+,20-19?,22-13?. The van der Waals surface area contributed by atoms with Crippen LogP contribution in [-0.2, 0) is 0 Å². The summed E-state index contributed by atoms with van der Waals surface area (Å²) in [7, 11) is 0. The Balaban J connectivity index is 3.38. The van der Waals surface area contributed by atoms with E-state index in [1.165, 1.54) is 0 Å². The number of allylic oxidation sites excluding steroid dienone is 2. The molecule has 0 atom stereocenters. The Hall–Kier alpha value is -2.75. The summed E-state index contributed by atoms with van der Waals surface area (Å²) in [5.74, 6) is 0. The van der Waals surface area contributed by atoms with E-state index < -0.39 is 0 Å². The lowest BCUT2D eigenvalue weighted by molar-refractivity contribution is 1.14. The van der Waals surface area contributed by atoms with Gasteiger partial charge in [0.15, 0.2) is 0 Å². The van der Waals surface area contributed by atoms with Crippen LogP contribution < -0.4 is 5.32 Å². The van der Waals surface area contributed by atoms with Gasteiger partial charge >= 0.3 is 0 Å². The van der Waals surface area contributed by atoms with Crippen molar-refractivity contribution in [3.63, 3.8) is 0 Å². The van der Waals surface area contributed by atoms with Crippen molar-refractivity contribution in [1.82, 2.24) is 0 Å². The van der Waals surface area contributed by atoms with Gasteiger partial charge in [0.25, 0.3) is 0 Å². The topological polar surface area (TPSA) is 60.6 Å². The molecule has 0 saturated carbocycles. The molecule has 0 aliphatic rings. The number of hydrogen-bond acceptors (Lipinski definition) is 4.